The van der Waals surface area contributed by atoms with Gasteiger partial charge in [0.15, 0.2) is 0 Å². The molecule has 1 fully saturated rings. The van der Waals surface area contributed by atoms with E-state index in [0.29, 0.717) is 12.5 Å². The summed E-state index contributed by atoms with van der Waals surface area (Å²) in [7, 11) is 2.14. The number of terminal acetylenes is 1. The highest BCUT2D eigenvalue weighted by Gasteiger charge is 2.26. The Hall–Kier alpha value is -1.21. The maximum Gasteiger partial charge on any atom is 0.318 e. The van der Waals surface area contributed by atoms with Gasteiger partial charge >= 0.3 is 6.03 Å². The van der Waals surface area contributed by atoms with Gasteiger partial charge in [-0.05, 0) is 32.4 Å². The molecule has 0 bridgehead atoms. The molecule has 2 amide bonds. The first-order chi connectivity index (χ1) is 8.17. The number of carbonyl (C=O) groups is 1. The average Bonchev–Trinajstić information content (AvgIpc) is 2.74. The fraction of sp³-hybridized carbons (Fsp3) is 0.769. The molecule has 1 unspecified atom stereocenters. The number of nitrogens with one attached hydrogen (secondary N) is 1. The standard InChI is InChI=1S/C13H23N3O/c1-4-7-14-13(17)16-9-6-12(11-16)10-15(3)8-5-2/h1,12H,5-11H2,2-3H3,(H,14,17). The van der Waals surface area contributed by atoms with Crippen molar-refractivity contribution >= 4 is 6.03 Å². The van der Waals surface area contributed by atoms with E-state index in [9.17, 15) is 4.79 Å². The molecule has 4 nitrogen and oxygen atoms in total. The summed E-state index contributed by atoms with van der Waals surface area (Å²) < 4.78 is 0. The van der Waals surface area contributed by atoms with E-state index in [0.717, 1.165) is 32.6 Å². The minimum atomic E-state index is -0.0244. The number of urea groups is 1. The van der Waals surface area contributed by atoms with Crippen molar-refractivity contribution in [2.45, 2.75) is 19.8 Å². The number of carbonyl (C=O) groups excluding carboxylic acids is 1. The topological polar surface area (TPSA) is 35.6 Å². The molecule has 0 spiro atoms. The van der Waals surface area contributed by atoms with Crippen LogP contribution < -0.4 is 5.32 Å². The fourth-order valence-corrected chi connectivity index (χ4v) is 2.32. The maximum atomic E-state index is 11.7. The van der Waals surface area contributed by atoms with E-state index in [1.165, 1.54) is 6.42 Å². The lowest BCUT2D eigenvalue weighted by molar-refractivity contribution is 0.205. The monoisotopic (exact) mass is 237 g/mol. The minimum Gasteiger partial charge on any atom is -0.327 e. The number of likely N-dealkylation sites (tertiary alicyclic amines) is 1. The largest absolute Gasteiger partial charge is 0.327 e. The van der Waals surface area contributed by atoms with E-state index in [2.05, 4.69) is 30.1 Å². The van der Waals surface area contributed by atoms with Gasteiger partial charge in [0.2, 0.25) is 0 Å². The minimum absolute atomic E-state index is 0.0244. The molecule has 1 saturated heterocycles. The Morgan fingerprint density at radius 2 is 2.41 bits per heavy atom. The van der Waals surface area contributed by atoms with Gasteiger partial charge in [-0.25, -0.2) is 4.79 Å². The molecular formula is C13H23N3O. The van der Waals surface area contributed by atoms with Crippen molar-refractivity contribution < 1.29 is 4.79 Å². The predicted molar refractivity (Wildman–Crippen MR) is 69.7 cm³/mol. The van der Waals surface area contributed by atoms with Crippen LogP contribution in [0.5, 0.6) is 0 Å². The van der Waals surface area contributed by atoms with Crippen LogP contribution in [-0.2, 0) is 0 Å². The smallest absolute Gasteiger partial charge is 0.318 e. The summed E-state index contributed by atoms with van der Waals surface area (Å²) in [5.74, 6) is 3.02. The zero-order valence-corrected chi connectivity index (χ0v) is 10.9. The SMILES string of the molecule is C#CCNC(=O)N1CCC(CN(C)CCC)C1. The lowest BCUT2D eigenvalue weighted by Crippen LogP contribution is -2.39. The van der Waals surface area contributed by atoms with E-state index in [-0.39, 0.29) is 6.03 Å². The van der Waals surface area contributed by atoms with Gasteiger partial charge in [-0.3, -0.25) is 0 Å². The quantitative estimate of drug-likeness (QED) is 0.724. The highest BCUT2D eigenvalue weighted by molar-refractivity contribution is 5.74. The van der Waals surface area contributed by atoms with E-state index in [1.807, 2.05) is 4.90 Å². The molecule has 0 radical (unpaired) electrons. The summed E-state index contributed by atoms with van der Waals surface area (Å²) in [6.07, 6.45) is 7.38. The normalized spacial score (nSPS) is 19.4. The van der Waals surface area contributed by atoms with Gasteiger partial charge in [-0.15, -0.1) is 6.42 Å². The number of nitrogens with zero attached hydrogens (tertiary/aromatic N) is 2. The van der Waals surface area contributed by atoms with Crippen LogP contribution in [0.3, 0.4) is 0 Å². The highest BCUT2D eigenvalue weighted by atomic mass is 16.2. The molecule has 0 aromatic rings. The van der Waals surface area contributed by atoms with Crippen LogP contribution >= 0.6 is 0 Å². The maximum absolute atomic E-state index is 11.7. The molecular weight excluding hydrogens is 214 g/mol. The molecule has 1 N–H and O–H groups in total. The molecule has 0 aromatic heterocycles. The van der Waals surface area contributed by atoms with Crippen molar-refractivity contribution in [3.63, 3.8) is 0 Å². The summed E-state index contributed by atoms with van der Waals surface area (Å²) >= 11 is 0. The third-order valence-corrected chi connectivity index (χ3v) is 3.09. The van der Waals surface area contributed by atoms with Crippen LogP contribution in [0.4, 0.5) is 4.79 Å². The fourth-order valence-electron chi connectivity index (χ4n) is 2.32. The van der Waals surface area contributed by atoms with Gasteiger partial charge in [-0.1, -0.05) is 12.8 Å². The van der Waals surface area contributed by atoms with E-state index >= 15 is 0 Å². The second-order valence-corrected chi connectivity index (χ2v) is 4.73. The lowest BCUT2D eigenvalue weighted by atomic mass is 10.1. The molecule has 0 aliphatic carbocycles. The molecule has 1 rings (SSSR count). The second kappa shape index (κ2) is 7.18. The van der Waals surface area contributed by atoms with Gasteiger partial charge in [0, 0.05) is 19.6 Å². The van der Waals surface area contributed by atoms with E-state index in [1.54, 1.807) is 0 Å². The van der Waals surface area contributed by atoms with Gasteiger partial charge in [0.1, 0.15) is 0 Å². The number of hydrogen-bond acceptors (Lipinski definition) is 2. The Balaban J connectivity index is 2.27. The van der Waals surface area contributed by atoms with Crippen LogP contribution in [0.2, 0.25) is 0 Å². The lowest BCUT2D eigenvalue weighted by Gasteiger charge is -2.21. The molecule has 1 heterocycles. The van der Waals surface area contributed by atoms with E-state index in [4.69, 9.17) is 6.42 Å². The summed E-state index contributed by atoms with van der Waals surface area (Å²) in [6.45, 7) is 6.40. The number of hydrogen-bond donors (Lipinski definition) is 1. The van der Waals surface area contributed by atoms with Crippen molar-refractivity contribution in [1.82, 2.24) is 15.1 Å². The van der Waals surface area contributed by atoms with Gasteiger partial charge in [0.05, 0.1) is 6.54 Å². The van der Waals surface area contributed by atoms with E-state index < -0.39 is 0 Å². The first-order valence-corrected chi connectivity index (χ1v) is 6.32. The summed E-state index contributed by atoms with van der Waals surface area (Å²) in [6, 6.07) is -0.0244. The van der Waals surface area contributed by atoms with Crippen LogP contribution in [0, 0.1) is 18.3 Å². The molecule has 1 atom stereocenters. The average molecular weight is 237 g/mol. The summed E-state index contributed by atoms with van der Waals surface area (Å²) in [4.78, 5) is 15.9. The third-order valence-electron chi connectivity index (χ3n) is 3.09. The zero-order chi connectivity index (χ0) is 12.7. The molecule has 1 aliphatic rings. The number of amides is 2. The van der Waals surface area contributed by atoms with Crippen LogP contribution in [0.1, 0.15) is 19.8 Å². The van der Waals surface area contributed by atoms with Crippen molar-refractivity contribution in [3.05, 3.63) is 0 Å². The van der Waals surface area contributed by atoms with Gasteiger partial charge in [0.25, 0.3) is 0 Å². The molecule has 17 heavy (non-hydrogen) atoms. The predicted octanol–water partition coefficient (Wildman–Crippen LogP) is 0.993. The van der Waals surface area contributed by atoms with Crippen LogP contribution in [-0.4, -0.2) is 55.6 Å². The Morgan fingerprint density at radius 1 is 1.65 bits per heavy atom. The summed E-state index contributed by atoms with van der Waals surface area (Å²) in [5, 5.41) is 2.71. The Labute approximate surface area is 104 Å². The van der Waals surface area contributed by atoms with Gasteiger partial charge < -0.3 is 15.1 Å². The molecule has 1 aliphatic heterocycles. The highest BCUT2D eigenvalue weighted by Crippen LogP contribution is 2.17. The molecule has 96 valence electrons. The van der Waals surface area contributed by atoms with Crippen molar-refractivity contribution in [2.24, 2.45) is 5.92 Å². The Kier molecular flexibility index (Phi) is 5.85. The van der Waals surface area contributed by atoms with Crippen LogP contribution in [0.15, 0.2) is 0 Å². The van der Waals surface area contributed by atoms with Crippen LogP contribution in [0.25, 0.3) is 0 Å². The number of rotatable bonds is 5. The molecule has 0 saturated carbocycles. The molecule has 4 heteroatoms. The molecule has 0 aromatic carbocycles. The van der Waals surface area contributed by atoms with Crippen molar-refractivity contribution in [2.75, 3.05) is 39.8 Å². The zero-order valence-electron chi connectivity index (χ0n) is 10.9. The Bertz CT molecular complexity index is 285. The first-order valence-electron chi connectivity index (χ1n) is 6.32. The van der Waals surface area contributed by atoms with Crippen molar-refractivity contribution in [1.29, 1.82) is 0 Å². The first kappa shape index (κ1) is 13.9. The summed E-state index contributed by atoms with van der Waals surface area (Å²) in [5.41, 5.74) is 0. The third kappa shape index (κ3) is 4.66. The van der Waals surface area contributed by atoms with Crippen molar-refractivity contribution in [3.8, 4) is 12.3 Å². The van der Waals surface area contributed by atoms with Gasteiger partial charge in [-0.2, -0.15) is 0 Å². The Morgan fingerprint density at radius 3 is 3.06 bits per heavy atom. The second-order valence-electron chi connectivity index (χ2n) is 4.73.